The minimum atomic E-state index is -0.914. The standard InChI is InChI=1S/C17H24N2O4/c1-4-15(20)19-14-7-5-6-12(9-14)16(21)18-10-13(17(22)23)8-11(2)3/h5-7,9,11,13H,4,8,10H2,1-3H3,(H,18,21)(H,19,20)(H,22,23). The van der Waals surface area contributed by atoms with Crippen LogP contribution in [0.1, 0.15) is 44.0 Å². The largest absolute Gasteiger partial charge is 0.481 e. The number of carboxylic acids is 1. The van der Waals surface area contributed by atoms with Crippen molar-refractivity contribution in [2.45, 2.75) is 33.6 Å². The first-order valence-corrected chi connectivity index (χ1v) is 7.74. The fourth-order valence-corrected chi connectivity index (χ4v) is 2.15. The normalized spacial score (nSPS) is 11.8. The third kappa shape index (κ3) is 6.50. The van der Waals surface area contributed by atoms with Gasteiger partial charge in [0.2, 0.25) is 5.91 Å². The van der Waals surface area contributed by atoms with Gasteiger partial charge in [0.1, 0.15) is 0 Å². The lowest BCUT2D eigenvalue weighted by Gasteiger charge is -2.15. The summed E-state index contributed by atoms with van der Waals surface area (Å²) in [5, 5.41) is 14.5. The van der Waals surface area contributed by atoms with Crippen LogP contribution in [0.25, 0.3) is 0 Å². The van der Waals surface area contributed by atoms with Crippen LogP contribution in [0.3, 0.4) is 0 Å². The van der Waals surface area contributed by atoms with E-state index in [2.05, 4.69) is 10.6 Å². The lowest BCUT2D eigenvalue weighted by atomic mass is 9.97. The molecule has 0 radical (unpaired) electrons. The molecule has 1 aromatic rings. The van der Waals surface area contributed by atoms with Crippen molar-refractivity contribution in [3.8, 4) is 0 Å². The topological polar surface area (TPSA) is 95.5 Å². The van der Waals surface area contributed by atoms with E-state index in [0.717, 1.165) is 0 Å². The van der Waals surface area contributed by atoms with Gasteiger partial charge in [-0.2, -0.15) is 0 Å². The molecule has 0 fully saturated rings. The summed E-state index contributed by atoms with van der Waals surface area (Å²) >= 11 is 0. The summed E-state index contributed by atoms with van der Waals surface area (Å²) in [5.74, 6) is -1.77. The second-order valence-electron chi connectivity index (χ2n) is 5.86. The molecule has 0 spiro atoms. The van der Waals surface area contributed by atoms with Gasteiger partial charge in [0.05, 0.1) is 5.92 Å². The summed E-state index contributed by atoms with van der Waals surface area (Å²) in [6.07, 6.45) is 0.855. The quantitative estimate of drug-likeness (QED) is 0.686. The molecule has 0 saturated carbocycles. The summed E-state index contributed by atoms with van der Waals surface area (Å²) < 4.78 is 0. The monoisotopic (exact) mass is 320 g/mol. The number of benzene rings is 1. The Kier molecular flexibility index (Phi) is 7.25. The second-order valence-corrected chi connectivity index (χ2v) is 5.86. The molecule has 2 amide bonds. The number of hydrogen-bond donors (Lipinski definition) is 3. The van der Waals surface area contributed by atoms with Crippen molar-refractivity contribution in [1.29, 1.82) is 0 Å². The van der Waals surface area contributed by atoms with E-state index >= 15 is 0 Å². The molecule has 6 nitrogen and oxygen atoms in total. The van der Waals surface area contributed by atoms with Crippen LogP contribution in [0, 0.1) is 11.8 Å². The zero-order chi connectivity index (χ0) is 17.4. The lowest BCUT2D eigenvalue weighted by molar-refractivity contribution is -0.142. The first-order valence-electron chi connectivity index (χ1n) is 7.74. The Morgan fingerprint density at radius 2 is 1.91 bits per heavy atom. The van der Waals surface area contributed by atoms with Gasteiger partial charge in [-0.05, 0) is 30.5 Å². The summed E-state index contributed by atoms with van der Waals surface area (Å²) in [6, 6.07) is 6.56. The van der Waals surface area contributed by atoms with Crippen molar-refractivity contribution in [3.63, 3.8) is 0 Å². The molecule has 3 N–H and O–H groups in total. The average molecular weight is 320 g/mol. The van der Waals surface area contributed by atoms with Crippen molar-refractivity contribution in [3.05, 3.63) is 29.8 Å². The van der Waals surface area contributed by atoms with Crippen molar-refractivity contribution >= 4 is 23.5 Å². The second kappa shape index (κ2) is 8.92. The number of carbonyl (C=O) groups excluding carboxylic acids is 2. The number of hydrogen-bond acceptors (Lipinski definition) is 3. The van der Waals surface area contributed by atoms with Crippen LogP contribution in [0.5, 0.6) is 0 Å². The zero-order valence-corrected chi connectivity index (χ0v) is 13.8. The number of carboxylic acid groups (broad SMARTS) is 1. The molecule has 0 aliphatic heterocycles. The Labute approximate surface area is 136 Å². The fraction of sp³-hybridized carbons (Fsp3) is 0.471. The molecule has 0 heterocycles. The highest BCUT2D eigenvalue weighted by Gasteiger charge is 2.20. The third-order valence-corrected chi connectivity index (χ3v) is 3.34. The van der Waals surface area contributed by atoms with Gasteiger partial charge in [0.25, 0.3) is 5.91 Å². The fourth-order valence-electron chi connectivity index (χ4n) is 2.15. The third-order valence-electron chi connectivity index (χ3n) is 3.34. The minimum absolute atomic E-state index is 0.0812. The minimum Gasteiger partial charge on any atom is -0.481 e. The molecule has 0 aromatic heterocycles. The molecule has 0 aliphatic carbocycles. The Bertz CT molecular complexity index is 569. The van der Waals surface area contributed by atoms with E-state index in [-0.39, 0.29) is 24.3 Å². The molecule has 0 bridgehead atoms. The van der Waals surface area contributed by atoms with Crippen LogP contribution in [0.15, 0.2) is 24.3 Å². The molecular weight excluding hydrogens is 296 g/mol. The summed E-state index contributed by atoms with van der Waals surface area (Å²) in [4.78, 5) is 34.7. The Hall–Kier alpha value is -2.37. The van der Waals surface area contributed by atoms with Crippen LogP contribution < -0.4 is 10.6 Å². The van der Waals surface area contributed by atoms with Crippen molar-refractivity contribution in [2.24, 2.45) is 11.8 Å². The van der Waals surface area contributed by atoms with Gasteiger partial charge >= 0.3 is 5.97 Å². The van der Waals surface area contributed by atoms with Crippen molar-refractivity contribution in [2.75, 3.05) is 11.9 Å². The molecule has 1 unspecified atom stereocenters. The summed E-state index contributed by atoms with van der Waals surface area (Å²) in [5.41, 5.74) is 0.925. The molecule has 0 saturated heterocycles. The number of aliphatic carboxylic acids is 1. The smallest absolute Gasteiger partial charge is 0.308 e. The maximum absolute atomic E-state index is 12.1. The maximum Gasteiger partial charge on any atom is 0.308 e. The number of nitrogens with one attached hydrogen (secondary N) is 2. The molecule has 1 aromatic carbocycles. The maximum atomic E-state index is 12.1. The van der Waals surface area contributed by atoms with Gasteiger partial charge in [-0.15, -0.1) is 0 Å². The number of rotatable bonds is 8. The van der Waals surface area contributed by atoms with E-state index in [9.17, 15) is 19.5 Å². The van der Waals surface area contributed by atoms with Crippen LogP contribution in [0.2, 0.25) is 0 Å². The first-order chi connectivity index (χ1) is 10.8. The van der Waals surface area contributed by atoms with Crippen molar-refractivity contribution in [1.82, 2.24) is 5.32 Å². The first kappa shape index (κ1) is 18.7. The van der Waals surface area contributed by atoms with Gasteiger partial charge in [0.15, 0.2) is 0 Å². The van der Waals surface area contributed by atoms with Crippen LogP contribution in [-0.2, 0) is 9.59 Å². The Balaban J connectivity index is 2.68. The summed E-state index contributed by atoms with van der Waals surface area (Å²) in [7, 11) is 0. The van der Waals surface area contributed by atoms with Crippen LogP contribution in [0.4, 0.5) is 5.69 Å². The van der Waals surface area contributed by atoms with Crippen molar-refractivity contribution < 1.29 is 19.5 Å². The van der Waals surface area contributed by atoms with E-state index in [1.165, 1.54) is 0 Å². The molecular formula is C17H24N2O4. The molecule has 1 atom stereocenters. The van der Waals surface area contributed by atoms with Gasteiger partial charge in [-0.3, -0.25) is 14.4 Å². The predicted molar refractivity (Wildman–Crippen MR) is 88.3 cm³/mol. The molecule has 0 aliphatic rings. The molecule has 1 rings (SSSR count). The van der Waals surface area contributed by atoms with E-state index in [0.29, 0.717) is 24.1 Å². The van der Waals surface area contributed by atoms with Gasteiger partial charge < -0.3 is 15.7 Å². The van der Waals surface area contributed by atoms with Crippen LogP contribution in [-0.4, -0.2) is 29.4 Å². The van der Waals surface area contributed by atoms with Gasteiger partial charge in [-0.25, -0.2) is 0 Å². The highest BCUT2D eigenvalue weighted by molar-refractivity contribution is 5.97. The average Bonchev–Trinajstić information content (AvgIpc) is 2.50. The predicted octanol–water partition coefficient (Wildman–Crippen LogP) is 2.51. The zero-order valence-electron chi connectivity index (χ0n) is 13.8. The Morgan fingerprint density at radius 3 is 2.48 bits per heavy atom. The SMILES string of the molecule is CCC(=O)Nc1cccc(C(=O)NCC(CC(C)C)C(=O)O)c1. The molecule has 23 heavy (non-hydrogen) atoms. The lowest BCUT2D eigenvalue weighted by Crippen LogP contribution is -2.33. The van der Waals surface area contributed by atoms with Gasteiger partial charge in [0, 0.05) is 24.2 Å². The molecule has 126 valence electrons. The van der Waals surface area contributed by atoms with E-state index in [1.54, 1.807) is 31.2 Å². The highest BCUT2D eigenvalue weighted by atomic mass is 16.4. The van der Waals surface area contributed by atoms with E-state index in [4.69, 9.17) is 0 Å². The summed E-state index contributed by atoms with van der Waals surface area (Å²) in [6.45, 7) is 5.71. The number of anilines is 1. The Morgan fingerprint density at radius 1 is 1.22 bits per heavy atom. The highest BCUT2D eigenvalue weighted by Crippen LogP contribution is 2.13. The number of carbonyl (C=O) groups is 3. The van der Waals surface area contributed by atoms with E-state index in [1.807, 2.05) is 13.8 Å². The van der Waals surface area contributed by atoms with Crippen LogP contribution >= 0.6 is 0 Å². The van der Waals surface area contributed by atoms with Gasteiger partial charge in [-0.1, -0.05) is 26.8 Å². The molecule has 6 heteroatoms. The number of amides is 2. The van der Waals surface area contributed by atoms with E-state index < -0.39 is 11.9 Å².